The second-order valence-corrected chi connectivity index (χ2v) is 4.43. The van der Waals surface area contributed by atoms with Crippen LogP contribution in [0.5, 0.6) is 5.75 Å². The number of amides is 1. The van der Waals surface area contributed by atoms with E-state index in [1.54, 1.807) is 18.2 Å². The highest BCUT2D eigenvalue weighted by atomic mass is 16.5. The number of rotatable bonds is 4. The molecule has 0 spiro atoms. The summed E-state index contributed by atoms with van der Waals surface area (Å²) in [5.41, 5.74) is 8.53. The molecule has 4 nitrogen and oxygen atoms in total. The average molecular weight is 270 g/mol. The lowest BCUT2D eigenvalue weighted by molar-refractivity contribution is 0.102. The van der Waals surface area contributed by atoms with Crippen molar-refractivity contribution >= 4 is 17.3 Å². The third kappa shape index (κ3) is 2.91. The van der Waals surface area contributed by atoms with Crippen LogP contribution >= 0.6 is 0 Å². The van der Waals surface area contributed by atoms with E-state index in [9.17, 15) is 4.79 Å². The summed E-state index contributed by atoms with van der Waals surface area (Å²) >= 11 is 0. The van der Waals surface area contributed by atoms with Crippen molar-refractivity contribution in [3.63, 3.8) is 0 Å². The van der Waals surface area contributed by atoms with Gasteiger partial charge in [-0.05, 0) is 36.2 Å². The minimum atomic E-state index is -0.270. The van der Waals surface area contributed by atoms with Gasteiger partial charge in [-0.25, -0.2) is 0 Å². The normalized spacial score (nSPS) is 10.1. The molecule has 2 rings (SSSR count). The maximum absolute atomic E-state index is 12.3. The van der Waals surface area contributed by atoms with E-state index in [0.717, 1.165) is 17.7 Å². The van der Waals surface area contributed by atoms with E-state index < -0.39 is 0 Å². The van der Waals surface area contributed by atoms with Gasteiger partial charge in [0, 0.05) is 11.4 Å². The first-order valence-electron chi connectivity index (χ1n) is 6.48. The van der Waals surface area contributed by atoms with E-state index in [0.29, 0.717) is 17.0 Å². The molecule has 104 valence electrons. The van der Waals surface area contributed by atoms with Crippen LogP contribution in [0.4, 0.5) is 11.4 Å². The molecule has 0 atom stereocenters. The van der Waals surface area contributed by atoms with E-state index >= 15 is 0 Å². The maximum Gasteiger partial charge on any atom is 0.261 e. The molecule has 0 aliphatic heterocycles. The fourth-order valence-electron chi connectivity index (χ4n) is 2.02. The fourth-order valence-corrected chi connectivity index (χ4v) is 2.02. The molecule has 0 radical (unpaired) electrons. The minimum absolute atomic E-state index is 0.270. The van der Waals surface area contributed by atoms with Gasteiger partial charge in [0.05, 0.1) is 7.11 Å². The predicted molar refractivity (Wildman–Crippen MR) is 81.2 cm³/mol. The lowest BCUT2D eigenvalue weighted by Gasteiger charge is -2.12. The number of hydrogen-bond donors (Lipinski definition) is 2. The second-order valence-electron chi connectivity index (χ2n) is 4.43. The van der Waals surface area contributed by atoms with Gasteiger partial charge in [-0.1, -0.05) is 25.1 Å². The molecule has 4 heteroatoms. The monoisotopic (exact) mass is 270 g/mol. The van der Waals surface area contributed by atoms with Gasteiger partial charge in [0.2, 0.25) is 0 Å². The standard InChI is InChI=1S/C16H18N2O2/c1-3-11-6-4-7-12(10-11)18-16(19)15-13(17)8-5-9-14(15)20-2/h4-10H,3,17H2,1-2H3,(H,18,19). The first-order valence-corrected chi connectivity index (χ1v) is 6.48. The molecule has 0 aromatic heterocycles. The van der Waals surface area contributed by atoms with Crippen molar-refractivity contribution in [2.24, 2.45) is 0 Å². The van der Waals surface area contributed by atoms with Crippen LogP contribution in [0.2, 0.25) is 0 Å². The first kappa shape index (κ1) is 13.9. The number of nitrogen functional groups attached to an aromatic ring is 1. The molecule has 2 aromatic carbocycles. The number of nitrogens with two attached hydrogens (primary N) is 1. The average Bonchev–Trinajstić information content (AvgIpc) is 2.46. The Morgan fingerprint density at radius 3 is 2.70 bits per heavy atom. The van der Waals surface area contributed by atoms with Gasteiger partial charge in [0.15, 0.2) is 0 Å². The molecular weight excluding hydrogens is 252 g/mol. The van der Waals surface area contributed by atoms with Crippen molar-refractivity contribution in [1.82, 2.24) is 0 Å². The zero-order valence-corrected chi connectivity index (χ0v) is 11.6. The lowest BCUT2D eigenvalue weighted by atomic mass is 10.1. The molecule has 0 aliphatic rings. The molecule has 0 fully saturated rings. The summed E-state index contributed by atoms with van der Waals surface area (Å²) < 4.78 is 5.19. The highest BCUT2D eigenvalue weighted by molar-refractivity contribution is 6.09. The van der Waals surface area contributed by atoms with Crippen LogP contribution in [0.1, 0.15) is 22.8 Å². The third-order valence-electron chi connectivity index (χ3n) is 3.10. The van der Waals surface area contributed by atoms with E-state index in [1.165, 1.54) is 7.11 Å². The molecule has 0 aliphatic carbocycles. The Hall–Kier alpha value is -2.49. The van der Waals surface area contributed by atoms with Gasteiger partial charge >= 0.3 is 0 Å². The SMILES string of the molecule is CCc1cccc(NC(=O)c2c(N)cccc2OC)c1. The van der Waals surface area contributed by atoms with Gasteiger partial charge in [-0.2, -0.15) is 0 Å². The summed E-state index contributed by atoms with van der Waals surface area (Å²) in [6.07, 6.45) is 0.917. The van der Waals surface area contributed by atoms with E-state index in [4.69, 9.17) is 10.5 Å². The van der Waals surface area contributed by atoms with Crippen LogP contribution in [0.25, 0.3) is 0 Å². The van der Waals surface area contributed by atoms with Gasteiger partial charge in [-0.3, -0.25) is 4.79 Å². The Morgan fingerprint density at radius 2 is 2.00 bits per heavy atom. The molecule has 2 aromatic rings. The number of benzene rings is 2. The van der Waals surface area contributed by atoms with Crippen molar-refractivity contribution in [2.75, 3.05) is 18.2 Å². The minimum Gasteiger partial charge on any atom is -0.496 e. The highest BCUT2D eigenvalue weighted by Crippen LogP contribution is 2.25. The maximum atomic E-state index is 12.3. The Kier molecular flexibility index (Phi) is 4.25. The van der Waals surface area contributed by atoms with Gasteiger partial charge < -0.3 is 15.8 Å². The fraction of sp³-hybridized carbons (Fsp3) is 0.188. The Bertz CT molecular complexity index is 624. The Morgan fingerprint density at radius 1 is 1.25 bits per heavy atom. The Labute approximate surface area is 118 Å². The van der Waals surface area contributed by atoms with E-state index in [1.807, 2.05) is 24.3 Å². The number of aryl methyl sites for hydroxylation is 1. The Balaban J connectivity index is 2.28. The van der Waals surface area contributed by atoms with Crippen molar-refractivity contribution < 1.29 is 9.53 Å². The topological polar surface area (TPSA) is 64.4 Å². The van der Waals surface area contributed by atoms with Gasteiger partial charge in [0.25, 0.3) is 5.91 Å². The van der Waals surface area contributed by atoms with Crippen LogP contribution in [0.3, 0.4) is 0 Å². The largest absolute Gasteiger partial charge is 0.496 e. The van der Waals surface area contributed by atoms with Gasteiger partial charge in [-0.15, -0.1) is 0 Å². The molecule has 3 N–H and O–H groups in total. The molecule has 0 bridgehead atoms. The lowest BCUT2D eigenvalue weighted by Crippen LogP contribution is -2.15. The highest BCUT2D eigenvalue weighted by Gasteiger charge is 2.15. The van der Waals surface area contributed by atoms with Crippen molar-refractivity contribution in [3.05, 3.63) is 53.6 Å². The number of carbonyl (C=O) groups excluding carboxylic acids is 1. The second kappa shape index (κ2) is 6.10. The predicted octanol–water partition coefficient (Wildman–Crippen LogP) is 3.09. The van der Waals surface area contributed by atoms with Crippen LogP contribution < -0.4 is 15.8 Å². The van der Waals surface area contributed by atoms with E-state index in [-0.39, 0.29) is 5.91 Å². The molecule has 0 saturated carbocycles. The molecule has 0 saturated heterocycles. The number of carbonyl (C=O) groups is 1. The van der Waals surface area contributed by atoms with Crippen LogP contribution in [-0.4, -0.2) is 13.0 Å². The molecular formula is C16H18N2O2. The van der Waals surface area contributed by atoms with Crippen molar-refractivity contribution in [2.45, 2.75) is 13.3 Å². The summed E-state index contributed by atoms with van der Waals surface area (Å²) in [5.74, 6) is 0.197. The van der Waals surface area contributed by atoms with Crippen LogP contribution in [-0.2, 0) is 6.42 Å². The van der Waals surface area contributed by atoms with E-state index in [2.05, 4.69) is 12.2 Å². The summed E-state index contributed by atoms with van der Waals surface area (Å²) in [6.45, 7) is 2.07. The summed E-state index contributed by atoms with van der Waals surface area (Å²) in [7, 11) is 1.52. The smallest absolute Gasteiger partial charge is 0.261 e. The van der Waals surface area contributed by atoms with Crippen LogP contribution in [0, 0.1) is 0 Å². The molecule has 0 heterocycles. The third-order valence-corrected chi connectivity index (χ3v) is 3.10. The summed E-state index contributed by atoms with van der Waals surface area (Å²) in [4.78, 5) is 12.3. The molecule has 1 amide bonds. The zero-order valence-electron chi connectivity index (χ0n) is 11.6. The summed E-state index contributed by atoms with van der Waals surface area (Å²) in [5, 5.41) is 2.85. The number of ether oxygens (including phenoxy) is 1. The zero-order chi connectivity index (χ0) is 14.5. The van der Waals surface area contributed by atoms with Crippen molar-refractivity contribution in [3.8, 4) is 5.75 Å². The number of nitrogens with one attached hydrogen (secondary N) is 1. The van der Waals surface area contributed by atoms with Crippen molar-refractivity contribution in [1.29, 1.82) is 0 Å². The first-order chi connectivity index (χ1) is 9.65. The van der Waals surface area contributed by atoms with Crippen LogP contribution in [0.15, 0.2) is 42.5 Å². The molecule has 0 unspecified atom stereocenters. The van der Waals surface area contributed by atoms with Gasteiger partial charge in [0.1, 0.15) is 11.3 Å². The number of anilines is 2. The number of hydrogen-bond acceptors (Lipinski definition) is 3. The number of methoxy groups -OCH3 is 1. The summed E-state index contributed by atoms with van der Waals surface area (Å²) in [6, 6.07) is 12.9. The molecule has 20 heavy (non-hydrogen) atoms. The quantitative estimate of drug-likeness (QED) is 0.839.